The molecule has 1 N–H and O–H groups in total. The number of nitrogens with zero attached hydrogens (tertiary/aromatic N) is 4. The molecule has 1 fully saturated rings. The van der Waals surface area contributed by atoms with E-state index in [1.165, 1.54) is 0 Å². The zero-order chi connectivity index (χ0) is 14.9. The van der Waals surface area contributed by atoms with Crippen LogP contribution in [0.5, 0.6) is 0 Å². The Morgan fingerprint density at radius 2 is 2.29 bits per heavy atom. The van der Waals surface area contributed by atoms with Crippen molar-refractivity contribution in [3.8, 4) is 11.6 Å². The summed E-state index contributed by atoms with van der Waals surface area (Å²) in [5.41, 5.74) is -0.788. The van der Waals surface area contributed by atoms with E-state index in [9.17, 15) is 9.90 Å². The highest BCUT2D eigenvalue weighted by molar-refractivity contribution is 5.74. The number of tetrazole rings is 1. The fourth-order valence-electron chi connectivity index (χ4n) is 2.93. The third-order valence-electron chi connectivity index (χ3n) is 4.41. The maximum absolute atomic E-state index is 11.8. The molecule has 3 rings (SSSR count). The second kappa shape index (κ2) is 5.31. The monoisotopic (exact) mass is 290 g/mol. The minimum atomic E-state index is -0.788. The molecule has 0 bridgehead atoms. The van der Waals surface area contributed by atoms with E-state index >= 15 is 0 Å². The quantitative estimate of drug-likeness (QED) is 0.927. The highest BCUT2D eigenvalue weighted by Gasteiger charge is 2.42. The summed E-state index contributed by atoms with van der Waals surface area (Å²) in [4.78, 5) is 11.8. The van der Waals surface area contributed by atoms with Gasteiger partial charge in [-0.05, 0) is 54.2 Å². The largest absolute Gasteiger partial charge is 0.481 e. The van der Waals surface area contributed by atoms with Crippen molar-refractivity contribution >= 4 is 5.97 Å². The van der Waals surface area contributed by atoms with Crippen LogP contribution in [0.3, 0.4) is 0 Å². The maximum Gasteiger partial charge on any atom is 0.311 e. The second-order valence-electron chi connectivity index (χ2n) is 5.91. The molecule has 0 aromatic carbocycles. The van der Waals surface area contributed by atoms with Gasteiger partial charge in [-0.3, -0.25) is 4.79 Å². The lowest BCUT2D eigenvalue weighted by Crippen LogP contribution is -2.39. The summed E-state index contributed by atoms with van der Waals surface area (Å²) in [6, 6.07) is 3.52. The molecule has 0 amide bonds. The molecule has 0 atom stereocenters. The van der Waals surface area contributed by atoms with Crippen molar-refractivity contribution in [2.24, 2.45) is 11.3 Å². The summed E-state index contributed by atoms with van der Waals surface area (Å²) >= 11 is 0. The molecule has 1 aliphatic rings. The summed E-state index contributed by atoms with van der Waals surface area (Å²) in [5, 5.41) is 21.2. The number of carbonyl (C=O) groups is 1. The molecule has 7 nitrogen and oxygen atoms in total. The zero-order valence-corrected chi connectivity index (χ0v) is 11.9. The van der Waals surface area contributed by atoms with Gasteiger partial charge in [0, 0.05) is 0 Å². The topological polar surface area (TPSA) is 94.0 Å². The summed E-state index contributed by atoms with van der Waals surface area (Å²) < 4.78 is 6.85. The average molecular weight is 290 g/mol. The van der Waals surface area contributed by atoms with E-state index in [-0.39, 0.29) is 6.54 Å². The van der Waals surface area contributed by atoms with Gasteiger partial charge in [-0.1, -0.05) is 6.92 Å². The molecule has 2 aromatic rings. The summed E-state index contributed by atoms with van der Waals surface area (Å²) in [6.45, 7) is 2.44. The van der Waals surface area contributed by atoms with Gasteiger partial charge in [0.15, 0.2) is 5.76 Å². The maximum atomic E-state index is 11.8. The van der Waals surface area contributed by atoms with Crippen molar-refractivity contribution in [2.45, 2.75) is 39.2 Å². The molecule has 112 valence electrons. The third-order valence-corrected chi connectivity index (χ3v) is 4.41. The van der Waals surface area contributed by atoms with Crippen LogP contribution in [0, 0.1) is 11.3 Å². The number of hydrogen-bond acceptors (Lipinski definition) is 5. The molecule has 0 unspecified atom stereocenters. The Morgan fingerprint density at radius 1 is 1.52 bits per heavy atom. The van der Waals surface area contributed by atoms with Crippen molar-refractivity contribution in [3.05, 3.63) is 18.4 Å². The van der Waals surface area contributed by atoms with E-state index in [0.717, 1.165) is 12.8 Å². The van der Waals surface area contributed by atoms with Crippen molar-refractivity contribution in [1.82, 2.24) is 20.2 Å². The van der Waals surface area contributed by atoms with Gasteiger partial charge in [0.05, 0.1) is 18.2 Å². The highest BCUT2D eigenvalue weighted by Crippen LogP contribution is 2.40. The van der Waals surface area contributed by atoms with Gasteiger partial charge in [0.2, 0.25) is 5.82 Å². The summed E-state index contributed by atoms with van der Waals surface area (Å²) in [6.07, 6.45) is 4.69. The fourth-order valence-corrected chi connectivity index (χ4v) is 2.93. The van der Waals surface area contributed by atoms with Crippen LogP contribution in [0.25, 0.3) is 11.6 Å². The first kappa shape index (κ1) is 13.8. The number of rotatable bonds is 4. The lowest BCUT2D eigenvalue weighted by atomic mass is 9.71. The number of carboxylic acid groups (broad SMARTS) is 1. The van der Waals surface area contributed by atoms with E-state index in [1.807, 2.05) is 0 Å². The van der Waals surface area contributed by atoms with Crippen molar-refractivity contribution < 1.29 is 14.3 Å². The Morgan fingerprint density at radius 3 is 2.90 bits per heavy atom. The molecule has 2 aromatic heterocycles. The van der Waals surface area contributed by atoms with Crippen LogP contribution < -0.4 is 0 Å². The molecule has 0 spiro atoms. The van der Waals surface area contributed by atoms with Gasteiger partial charge in [0.1, 0.15) is 0 Å². The van der Waals surface area contributed by atoms with Gasteiger partial charge < -0.3 is 9.52 Å². The van der Waals surface area contributed by atoms with Crippen LogP contribution in [0.15, 0.2) is 22.8 Å². The van der Waals surface area contributed by atoms with E-state index in [1.54, 1.807) is 23.1 Å². The standard InChI is InChI=1S/C14H18N4O3/c1-10-4-6-14(7-5-10,13(19)20)9-18-12(15-16-17-18)11-3-2-8-21-11/h2-3,8,10H,4-7,9H2,1H3,(H,19,20). The molecule has 0 saturated heterocycles. The predicted molar refractivity (Wildman–Crippen MR) is 73.2 cm³/mol. The van der Waals surface area contributed by atoms with Gasteiger partial charge in [-0.15, -0.1) is 5.10 Å². The normalized spacial score (nSPS) is 25.9. The fraction of sp³-hybridized carbons (Fsp3) is 0.571. The lowest BCUT2D eigenvalue weighted by Gasteiger charge is -2.35. The molecule has 0 radical (unpaired) electrons. The first-order valence-corrected chi connectivity index (χ1v) is 7.14. The van der Waals surface area contributed by atoms with Crippen LogP contribution in [-0.4, -0.2) is 31.3 Å². The molecule has 1 aliphatic carbocycles. The summed E-state index contributed by atoms with van der Waals surface area (Å²) in [5.74, 6) is 0.829. The van der Waals surface area contributed by atoms with Crippen molar-refractivity contribution in [3.63, 3.8) is 0 Å². The molecule has 1 saturated carbocycles. The third kappa shape index (κ3) is 2.55. The van der Waals surface area contributed by atoms with Crippen molar-refractivity contribution in [1.29, 1.82) is 0 Å². The smallest absolute Gasteiger partial charge is 0.311 e. The number of aromatic nitrogens is 4. The van der Waals surface area contributed by atoms with Crippen LogP contribution in [0.1, 0.15) is 32.6 Å². The molecule has 2 heterocycles. The predicted octanol–water partition coefficient (Wildman–Crippen LogP) is 2.21. The Hall–Kier alpha value is -2.18. The number of aliphatic carboxylic acids is 1. The molecular formula is C14H18N4O3. The Kier molecular flexibility index (Phi) is 3.48. The summed E-state index contributed by atoms with van der Waals surface area (Å²) in [7, 11) is 0. The molecular weight excluding hydrogens is 272 g/mol. The van der Waals surface area contributed by atoms with Crippen LogP contribution in [0.4, 0.5) is 0 Å². The van der Waals surface area contributed by atoms with Gasteiger partial charge in [-0.25, -0.2) is 4.68 Å². The van der Waals surface area contributed by atoms with Crippen LogP contribution in [-0.2, 0) is 11.3 Å². The van der Waals surface area contributed by atoms with E-state index in [0.29, 0.717) is 30.3 Å². The number of furan rings is 1. The Labute approximate surface area is 122 Å². The minimum absolute atomic E-state index is 0.276. The zero-order valence-electron chi connectivity index (χ0n) is 11.9. The lowest BCUT2D eigenvalue weighted by molar-refractivity contribution is -0.152. The van der Waals surface area contributed by atoms with Gasteiger partial charge >= 0.3 is 5.97 Å². The minimum Gasteiger partial charge on any atom is -0.481 e. The van der Waals surface area contributed by atoms with E-state index < -0.39 is 11.4 Å². The molecule has 7 heteroatoms. The van der Waals surface area contributed by atoms with Gasteiger partial charge in [0.25, 0.3) is 0 Å². The van der Waals surface area contributed by atoms with Crippen LogP contribution in [0.2, 0.25) is 0 Å². The molecule has 0 aliphatic heterocycles. The average Bonchev–Trinajstić information content (AvgIpc) is 3.12. The second-order valence-corrected chi connectivity index (χ2v) is 5.91. The van der Waals surface area contributed by atoms with Gasteiger partial charge in [-0.2, -0.15) is 0 Å². The van der Waals surface area contributed by atoms with E-state index in [4.69, 9.17) is 4.42 Å². The first-order chi connectivity index (χ1) is 10.1. The van der Waals surface area contributed by atoms with Crippen LogP contribution >= 0.6 is 0 Å². The van der Waals surface area contributed by atoms with Crippen molar-refractivity contribution in [2.75, 3.05) is 0 Å². The Bertz CT molecular complexity index is 612. The number of carboxylic acids is 1. The first-order valence-electron chi connectivity index (χ1n) is 7.14. The SMILES string of the molecule is CC1CCC(Cn2nnnc2-c2ccco2)(C(=O)O)CC1. The van der Waals surface area contributed by atoms with E-state index in [2.05, 4.69) is 22.4 Å². The Balaban J connectivity index is 1.88. The highest BCUT2D eigenvalue weighted by atomic mass is 16.4. The molecule has 21 heavy (non-hydrogen) atoms. The number of hydrogen-bond donors (Lipinski definition) is 1.